The highest BCUT2D eigenvalue weighted by Crippen LogP contribution is 2.21. The molecule has 0 aromatic heterocycles. The number of para-hydroxylation sites is 1. The molecular weight excluding hydrogens is 262 g/mol. The monoisotopic (exact) mass is 283 g/mol. The molecule has 0 radical (unpaired) electrons. The number of rotatable bonds is 5. The van der Waals surface area contributed by atoms with Gasteiger partial charge in [-0.1, -0.05) is 37.3 Å². The number of carbonyl (C=O) groups is 1. The number of benzene rings is 2. The lowest BCUT2D eigenvalue weighted by molar-refractivity contribution is 0.0600. The maximum Gasteiger partial charge on any atom is 0.337 e. The van der Waals surface area contributed by atoms with Gasteiger partial charge in [-0.15, -0.1) is 0 Å². The molecular formula is C18H21NO2. The standard InChI is InChI=1S/C18H21NO2/c1-4-15-7-5-6-13(2)17(15)19-12-14-8-10-16(11-9-14)18(20)21-3/h5-11,19H,4,12H2,1-3H3. The van der Waals surface area contributed by atoms with Crippen molar-refractivity contribution in [1.29, 1.82) is 0 Å². The number of nitrogens with one attached hydrogen (secondary N) is 1. The molecule has 1 N–H and O–H groups in total. The van der Waals surface area contributed by atoms with Crippen molar-refractivity contribution in [3.8, 4) is 0 Å². The van der Waals surface area contributed by atoms with Crippen molar-refractivity contribution in [2.45, 2.75) is 26.8 Å². The maximum atomic E-state index is 11.4. The van der Waals surface area contributed by atoms with Gasteiger partial charge in [0.05, 0.1) is 12.7 Å². The second-order valence-corrected chi connectivity index (χ2v) is 5.00. The molecule has 110 valence electrons. The van der Waals surface area contributed by atoms with Crippen molar-refractivity contribution in [3.05, 3.63) is 64.7 Å². The molecule has 0 fully saturated rings. The number of ether oxygens (including phenoxy) is 1. The van der Waals surface area contributed by atoms with Crippen LogP contribution in [0.5, 0.6) is 0 Å². The van der Waals surface area contributed by atoms with E-state index in [0.717, 1.165) is 18.5 Å². The fourth-order valence-electron chi connectivity index (χ4n) is 2.34. The van der Waals surface area contributed by atoms with Crippen LogP contribution in [-0.4, -0.2) is 13.1 Å². The first-order chi connectivity index (χ1) is 10.2. The average Bonchev–Trinajstić information content (AvgIpc) is 2.53. The number of esters is 1. The third kappa shape index (κ3) is 3.63. The molecule has 0 saturated carbocycles. The van der Waals surface area contributed by atoms with Crippen molar-refractivity contribution in [2.75, 3.05) is 12.4 Å². The highest BCUT2D eigenvalue weighted by molar-refractivity contribution is 5.89. The predicted molar refractivity (Wildman–Crippen MR) is 85.7 cm³/mol. The van der Waals surface area contributed by atoms with Crippen molar-refractivity contribution in [1.82, 2.24) is 0 Å². The van der Waals surface area contributed by atoms with Crippen LogP contribution in [0.1, 0.15) is 34.0 Å². The molecule has 2 aromatic carbocycles. The molecule has 3 nitrogen and oxygen atoms in total. The van der Waals surface area contributed by atoms with Crippen LogP contribution in [-0.2, 0) is 17.7 Å². The van der Waals surface area contributed by atoms with Gasteiger partial charge in [0.2, 0.25) is 0 Å². The van der Waals surface area contributed by atoms with E-state index in [9.17, 15) is 4.79 Å². The Hall–Kier alpha value is -2.29. The minimum atomic E-state index is -0.304. The smallest absolute Gasteiger partial charge is 0.337 e. The predicted octanol–water partition coefficient (Wildman–Crippen LogP) is 3.96. The van der Waals surface area contributed by atoms with E-state index < -0.39 is 0 Å². The summed E-state index contributed by atoms with van der Waals surface area (Å²) in [5.41, 5.74) is 5.48. The summed E-state index contributed by atoms with van der Waals surface area (Å²) in [6.07, 6.45) is 1.01. The lowest BCUT2D eigenvalue weighted by atomic mass is 10.1. The van der Waals surface area contributed by atoms with Gasteiger partial charge in [0.25, 0.3) is 0 Å². The third-order valence-electron chi connectivity index (χ3n) is 3.58. The third-order valence-corrected chi connectivity index (χ3v) is 3.58. The molecule has 3 heteroatoms. The van der Waals surface area contributed by atoms with Gasteiger partial charge >= 0.3 is 5.97 Å². The lowest BCUT2D eigenvalue weighted by Crippen LogP contribution is -2.05. The van der Waals surface area contributed by atoms with E-state index in [1.54, 1.807) is 12.1 Å². The van der Waals surface area contributed by atoms with E-state index >= 15 is 0 Å². The Morgan fingerprint density at radius 1 is 1.14 bits per heavy atom. The molecule has 0 amide bonds. The van der Waals surface area contributed by atoms with E-state index in [0.29, 0.717) is 5.56 Å². The summed E-state index contributed by atoms with van der Waals surface area (Å²) in [6, 6.07) is 13.8. The number of anilines is 1. The molecule has 0 atom stereocenters. The molecule has 0 bridgehead atoms. The second kappa shape index (κ2) is 6.93. The Morgan fingerprint density at radius 3 is 2.48 bits per heavy atom. The van der Waals surface area contributed by atoms with Gasteiger partial charge in [-0.05, 0) is 42.2 Å². The fourth-order valence-corrected chi connectivity index (χ4v) is 2.34. The first kappa shape index (κ1) is 15.1. The Kier molecular flexibility index (Phi) is 4.99. The normalized spacial score (nSPS) is 10.2. The zero-order valence-corrected chi connectivity index (χ0v) is 12.8. The molecule has 0 unspecified atom stereocenters. The first-order valence-corrected chi connectivity index (χ1v) is 7.15. The summed E-state index contributed by atoms with van der Waals surface area (Å²) in [6.45, 7) is 5.01. The van der Waals surface area contributed by atoms with E-state index in [-0.39, 0.29) is 5.97 Å². The number of hydrogen-bond donors (Lipinski definition) is 1. The molecule has 0 aliphatic rings. The summed E-state index contributed by atoms with van der Waals surface area (Å²) in [4.78, 5) is 11.4. The average molecular weight is 283 g/mol. The van der Waals surface area contributed by atoms with Gasteiger partial charge < -0.3 is 10.1 Å². The molecule has 0 saturated heterocycles. The van der Waals surface area contributed by atoms with Crippen LogP contribution in [0, 0.1) is 6.92 Å². The van der Waals surface area contributed by atoms with Crippen LogP contribution in [0.2, 0.25) is 0 Å². The van der Waals surface area contributed by atoms with Crippen LogP contribution in [0.3, 0.4) is 0 Å². The summed E-state index contributed by atoms with van der Waals surface area (Å²) in [5, 5.41) is 3.50. The molecule has 0 heterocycles. The Balaban J connectivity index is 2.08. The largest absolute Gasteiger partial charge is 0.465 e. The molecule has 0 aliphatic heterocycles. The van der Waals surface area contributed by atoms with Gasteiger partial charge in [-0.25, -0.2) is 4.79 Å². The molecule has 0 spiro atoms. The number of hydrogen-bond acceptors (Lipinski definition) is 3. The molecule has 2 aromatic rings. The van der Waals surface area contributed by atoms with Crippen molar-refractivity contribution in [2.24, 2.45) is 0 Å². The van der Waals surface area contributed by atoms with Crippen molar-refractivity contribution in [3.63, 3.8) is 0 Å². The zero-order valence-electron chi connectivity index (χ0n) is 12.8. The van der Waals surface area contributed by atoms with Gasteiger partial charge in [-0.3, -0.25) is 0 Å². The molecule has 21 heavy (non-hydrogen) atoms. The lowest BCUT2D eigenvalue weighted by Gasteiger charge is -2.14. The summed E-state index contributed by atoms with van der Waals surface area (Å²) < 4.78 is 4.70. The maximum absolute atomic E-state index is 11.4. The zero-order chi connectivity index (χ0) is 15.2. The quantitative estimate of drug-likeness (QED) is 0.844. The van der Waals surface area contributed by atoms with Gasteiger partial charge in [-0.2, -0.15) is 0 Å². The van der Waals surface area contributed by atoms with Crippen LogP contribution in [0.15, 0.2) is 42.5 Å². The van der Waals surface area contributed by atoms with Crippen LogP contribution < -0.4 is 5.32 Å². The summed E-state index contributed by atoms with van der Waals surface area (Å²) in [7, 11) is 1.39. The van der Waals surface area contributed by atoms with Gasteiger partial charge in [0, 0.05) is 12.2 Å². The second-order valence-electron chi connectivity index (χ2n) is 5.00. The molecule has 2 rings (SSSR count). The van der Waals surface area contributed by atoms with E-state index in [4.69, 9.17) is 4.74 Å². The topological polar surface area (TPSA) is 38.3 Å². The number of aryl methyl sites for hydroxylation is 2. The fraction of sp³-hybridized carbons (Fsp3) is 0.278. The van der Waals surface area contributed by atoms with Gasteiger partial charge in [0.15, 0.2) is 0 Å². The minimum absolute atomic E-state index is 0.304. The van der Waals surface area contributed by atoms with Crippen LogP contribution >= 0.6 is 0 Å². The minimum Gasteiger partial charge on any atom is -0.465 e. The van der Waals surface area contributed by atoms with Crippen molar-refractivity contribution >= 4 is 11.7 Å². The SMILES string of the molecule is CCc1cccc(C)c1NCc1ccc(C(=O)OC)cc1. The Morgan fingerprint density at radius 2 is 1.86 bits per heavy atom. The van der Waals surface area contributed by atoms with Crippen molar-refractivity contribution < 1.29 is 9.53 Å². The van der Waals surface area contributed by atoms with Gasteiger partial charge in [0.1, 0.15) is 0 Å². The number of carbonyl (C=O) groups excluding carboxylic acids is 1. The summed E-state index contributed by atoms with van der Waals surface area (Å²) >= 11 is 0. The molecule has 0 aliphatic carbocycles. The Bertz CT molecular complexity index is 618. The van der Waals surface area contributed by atoms with E-state index in [1.165, 1.54) is 23.9 Å². The highest BCUT2D eigenvalue weighted by Gasteiger charge is 2.06. The summed E-state index contributed by atoms with van der Waals surface area (Å²) in [5.74, 6) is -0.304. The van der Waals surface area contributed by atoms with E-state index in [2.05, 4.69) is 37.4 Å². The van der Waals surface area contributed by atoms with Crippen LogP contribution in [0.25, 0.3) is 0 Å². The van der Waals surface area contributed by atoms with E-state index in [1.807, 2.05) is 12.1 Å². The first-order valence-electron chi connectivity index (χ1n) is 7.15. The number of methoxy groups -OCH3 is 1. The highest BCUT2D eigenvalue weighted by atomic mass is 16.5. The van der Waals surface area contributed by atoms with Crippen LogP contribution in [0.4, 0.5) is 5.69 Å². The Labute approximate surface area is 126 Å².